The van der Waals surface area contributed by atoms with E-state index in [1.807, 2.05) is 6.07 Å². The molecule has 4 aromatic carbocycles. The Morgan fingerprint density at radius 2 is 1.52 bits per heavy atom. The minimum absolute atomic E-state index is 0.122. The topological polar surface area (TPSA) is 209 Å². The molecule has 376 valence electrons. The maximum Gasteiger partial charge on any atom is 0.264 e. The minimum Gasteiger partial charge on any atom is -0.495 e. The van der Waals surface area contributed by atoms with E-state index >= 15 is 0 Å². The van der Waals surface area contributed by atoms with Crippen molar-refractivity contribution in [1.29, 1.82) is 0 Å². The van der Waals surface area contributed by atoms with Crippen LogP contribution in [0.25, 0.3) is 21.8 Å². The number of carbonyl (C=O) groups excluding carboxylic acids is 5. The van der Waals surface area contributed by atoms with E-state index in [1.54, 1.807) is 68.8 Å². The number of imide groups is 1. The molecule has 1 saturated carbocycles. The first kappa shape index (κ1) is 47.5. The summed E-state index contributed by atoms with van der Waals surface area (Å²) in [5.41, 5.74) is 1.83. The fourth-order valence-electron chi connectivity index (χ4n) is 11.2. The molecular weight excluding hydrogens is 936 g/mol. The van der Waals surface area contributed by atoms with Crippen molar-refractivity contribution in [2.24, 2.45) is 11.3 Å². The molecule has 6 aromatic rings. The molecule has 1 aliphatic carbocycles. The molecule has 0 spiro atoms. The number of ether oxygens (including phenoxy) is 2. The van der Waals surface area contributed by atoms with Crippen LogP contribution in [0.4, 0.5) is 27.1 Å². The average Bonchev–Trinajstić information content (AvgIpc) is 3.99. The molecule has 4 N–H and O–H groups in total. The summed E-state index contributed by atoms with van der Waals surface area (Å²) in [5.74, 6) is 0.368. The molecule has 3 atom stereocenters. The minimum atomic E-state index is -1.18. The normalized spacial score (nSPS) is 20.8. The monoisotopic (exact) mass is 990 g/mol. The molecule has 6 heterocycles. The first-order valence-electron chi connectivity index (χ1n) is 24.8. The number of hydrogen-bond acceptors (Lipinski definition) is 13. The lowest BCUT2D eigenvalue weighted by Crippen LogP contribution is -2.50. The van der Waals surface area contributed by atoms with Gasteiger partial charge in [0.05, 0.1) is 41.4 Å². The van der Waals surface area contributed by atoms with Gasteiger partial charge in [-0.1, -0.05) is 6.07 Å². The lowest BCUT2D eigenvalue weighted by Gasteiger charge is -2.39. The third-order valence-corrected chi connectivity index (χ3v) is 15.2. The second-order valence-corrected chi connectivity index (χ2v) is 19.9. The number of carbonyl (C=O) groups is 5. The van der Waals surface area contributed by atoms with Gasteiger partial charge in [-0.3, -0.25) is 53.4 Å². The number of piperazine rings is 1. The number of hydrogen-bond donors (Lipinski definition) is 4. The molecule has 1 unspecified atom stereocenters. The number of fused-ring (bicyclic) bond motifs is 4. The summed E-state index contributed by atoms with van der Waals surface area (Å²) >= 11 is 0. The fourth-order valence-corrected chi connectivity index (χ4v) is 11.2. The highest BCUT2D eigenvalue weighted by atomic mass is 19.1. The van der Waals surface area contributed by atoms with Crippen LogP contribution in [0.5, 0.6) is 17.2 Å². The van der Waals surface area contributed by atoms with Crippen LogP contribution < -0.4 is 41.2 Å². The Labute approximate surface area is 419 Å². The second-order valence-electron chi connectivity index (χ2n) is 19.9. The van der Waals surface area contributed by atoms with E-state index in [9.17, 15) is 33.2 Å². The maximum atomic E-state index is 13.9. The maximum absolute atomic E-state index is 13.9. The van der Waals surface area contributed by atoms with E-state index in [1.165, 1.54) is 28.8 Å². The lowest BCUT2D eigenvalue weighted by atomic mass is 9.95. The lowest BCUT2D eigenvalue weighted by molar-refractivity contribution is -0.136. The zero-order valence-electron chi connectivity index (χ0n) is 40.5. The third kappa shape index (κ3) is 9.45. The van der Waals surface area contributed by atoms with E-state index in [0.717, 1.165) is 74.3 Å². The Hall–Kier alpha value is -7.77. The molecule has 5 fully saturated rings. The Balaban J connectivity index is 0.669. The van der Waals surface area contributed by atoms with E-state index in [-0.39, 0.29) is 42.6 Å². The van der Waals surface area contributed by atoms with E-state index in [2.05, 4.69) is 47.0 Å². The van der Waals surface area contributed by atoms with Crippen molar-refractivity contribution < 1.29 is 37.8 Å². The summed E-state index contributed by atoms with van der Waals surface area (Å²) in [4.78, 5) is 94.8. The van der Waals surface area contributed by atoms with E-state index < -0.39 is 40.6 Å². The first-order chi connectivity index (χ1) is 35.3. The Bertz CT molecular complexity index is 3250. The summed E-state index contributed by atoms with van der Waals surface area (Å²) in [5, 5.41) is 11.9. The number of benzene rings is 4. The van der Waals surface area contributed by atoms with Gasteiger partial charge in [0.1, 0.15) is 40.3 Å². The molecule has 0 radical (unpaired) electrons. The van der Waals surface area contributed by atoms with Crippen molar-refractivity contribution in [3.8, 4) is 17.2 Å². The van der Waals surface area contributed by atoms with Crippen LogP contribution >= 0.6 is 0 Å². The summed E-state index contributed by atoms with van der Waals surface area (Å²) < 4.78 is 27.0. The van der Waals surface area contributed by atoms with Crippen molar-refractivity contribution in [3.05, 3.63) is 113 Å². The highest BCUT2D eigenvalue weighted by Crippen LogP contribution is 2.48. The fraction of sp³-hybridized carbons (Fsp3) is 0.370. The van der Waals surface area contributed by atoms with Gasteiger partial charge in [-0.25, -0.2) is 9.37 Å². The highest BCUT2D eigenvalue weighted by molar-refractivity contribution is 6.17. The summed E-state index contributed by atoms with van der Waals surface area (Å²) in [6, 6.07) is 23.1. The van der Waals surface area contributed by atoms with Crippen LogP contribution in [0.15, 0.2) is 95.9 Å². The molecule has 4 saturated heterocycles. The molecule has 2 aromatic heterocycles. The van der Waals surface area contributed by atoms with Crippen LogP contribution in [0.3, 0.4) is 0 Å². The predicted octanol–water partition coefficient (Wildman–Crippen LogP) is 6.14. The number of halogens is 1. The number of pyridine rings is 1. The van der Waals surface area contributed by atoms with E-state index in [0.29, 0.717) is 64.7 Å². The number of piperidine rings is 2. The molecule has 4 aliphatic heterocycles. The van der Waals surface area contributed by atoms with Gasteiger partial charge < -0.3 is 30.3 Å². The number of amides is 5. The van der Waals surface area contributed by atoms with Crippen LogP contribution in [-0.4, -0.2) is 112 Å². The molecule has 73 heavy (non-hydrogen) atoms. The van der Waals surface area contributed by atoms with Crippen molar-refractivity contribution in [2.45, 2.75) is 70.0 Å². The largest absolute Gasteiger partial charge is 0.495 e. The molecule has 5 amide bonds. The molecule has 2 bridgehead atoms. The Morgan fingerprint density at radius 1 is 0.822 bits per heavy atom. The van der Waals surface area contributed by atoms with Crippen molar-refractivity contribution >= 4 is 74.1 Å². The van der Waals surface area contributed by atoms with Gasteiger partial charge in [0.25, 0.3) is 5.56 Å². The Morgan fingerprint density at radius 3 is 2.19 bits per heavy atom. The van der Waals surface area contributed by atoms with Gasteiger partial charge >= 0.3 is 0 Å². The number of likely N-dealkylation sites (tertiary alicyclic amines) is 2. The van der Waals surface area contributed by atoms with Gasteiger partial charge in [0, 0.05) is 74.2 Å². The van der Waals surface area contributed by atoms with Crippen molar-refractivity contribution in [1.82, 2.24) is 29.7 Å². The summed E-state index contributed by atoms with van der Waals surface area (Å²) in [6.07, 6.45) is 5.90. The van der Waals surface area contributed by atoms with Gasteiger partial charge in [-0.15, -0.1) is 0 Å². The molecule has 11 rings (SSSR count). The summed E-state index contributed by atoms with van der Waals surface area (Å²) in [7, 11) is 1.67. The quantitative estimate of drug-likeness (QED) is 0.0715. The number of aryl methyl sites for hydroxylation is 1. The average molecular weight is 991 g/mol. The number of methoxy groups -OCH3 is 1. The molecule has 19 heteroatoms. The zero-order valence-corrected chi connectivity index (χ0v) is 40.5. The van der Waals surface area contributed by atoms with Crippen LogP contribution in [0.1, 0.15) is 56.8 Å². The summed E-state index contributed by atoms with van der Waals surface area (Å²) in [6.45, 7) is 6.26. The molecule has 18 nitrogen and oxygen atoms in total. The number of nitrogens with one attached hydrogen (secondary N) is 4. The van der Waals surface area contributed by atoms with Gasteiger partial charge in [0.15, 0.2) is 0 Å². The van der Waals surface area contributed by atoms with Crippen LogP contribution in [-0.2, 0) is 24.0 Å². The zero-order chi connectivity index (χ0) is 50.5. The Kier molecular flexibility index (Phi) is 12.6. The first-order valence-corrected chi connectivity index (χ1v) is 24.8. The molecule has 5 aliphatic rings. The second kappa shape index (κ2) is 19.3. The van der Waals surface area contributed by atoms with Gasteiger partial charge in [0.2, 0.25) is 29.5 Å². The standard InChI is InChI=1S/C54H55FN10O8/c1-31-57-40-4-3-5-41(49(40)51(69)65(31)43-14-15-47(66)61-50(43)68)60-48(67)30-64-29-36-24-37(64)28-63(36)27-32-17-22-62(23-18-32)44-26-42-39(25-46(44)72-2)45(16-21-56-42)73-38-12-10-35(11-13-38)59-53(71)54(19-20-54)52(70)58-34-8-6-33(55)7-9-34/h3-13,16,21,25-26,32,36-37,43H,14-15,17-20,22-24,27-30H2,1-2H3,(H,58,70)(H,59,71)(H,60,67)(H,61,66,68)/t36-,37-,43?/m0/s1. The van der Waals surface area contributed by atoms with Crippen molar-refractivity contribution in [2.75, 3.05) is 67.2 Å². The van der Waals surface area contributed by atoms with Crippen molar-refractivity contribution in [3.63, 3.8) is 0 Å². The predicted molar refractivity (Wildman–Crippen MR) is 271 cm³/mol. The highest BCUT2D eigenvalue weighted by Gasteiger charge is 2.56. The number of nitrogens with zero attached hydrogens (tertiary/aromatic N) is 6. The number of rotatable bonds is 14. The smallest absolute Gasteiger partial charge is 0.264 e. The van der Waals surface area contributed by atoms with Crippen LogP contribution in [0.2, 0.25) is 0 Å². The van der Waals surface area contributed by atoms with Gasteiger partial charge in [-0.05, 0) is 130 Å². The SMILES string of the molecule is COc1cc2c(Oc3ccc(NC(=O)C4(C(=O)Nc5ccc(F)cc5)CC4)cc3)ccnc2cc1N1CCC(CN2C[C@@H]3C[C@H]2CN3CC(=O)Nc2cccc3nc(C)n(C4CCC(=O)NC4=O)c(=O)c23)CC1. The van der Waals surface area contributed by atoms with Gasteiger partial charge in [-0.2, -0.15) is 0 Å². The third-order valence-electron chi connectivity index (χ3n) is 15.2. The molecular formula is C54H55FN10O8. The number of aromatic nitrogens is 3. The van der Waals surface area contributed by atoms with Crippen LogP contribution in [0, 0.1) is 24.1 Å². The van der Waals surface area contributed by atoms with E-state index in [4.69, 9.17) is 14.5 Å². The number of anilines is 4.